The van der Waals surface area contributed by atoms with Gasteiger partial charge in [-0.2, -0.15) is 9.37 Å². The number of aliphatic hydroxyl groups is 1. The van der Waals surface area contributed by atoms with Crippen LogP contribution in [0.2, 0.25) is 10.0 Å². The summed E-state index contributed by atoms with van der Waals surface area (Å²) in [5, 5.41) is 22.7. The SMILES string of the molecule is CC(C)c1cc(Oc2c(Cl)c(F)nc(NCC(O)c3ccccc3)c2Cl)ccc1O. The molecule has 0 saturated heterocycles. The fourth-order valence-corrected chi connectivity index (χ4v) is 3.33. The van der Waals surface area contributed by atoms with Crippen LogP contribution >= 0.6 is 23.2 Å². The van der Waals surface area contributed by atoms with Gasteiger partial charge < -0.3 is 20.3 Å². The number of aromatic nitrogens is 1. The van der Waals surface area contributed by atoms with Gasteiger partial charge in [-0.15, -0.1) is 0 Å². The number of rotatable bonds is 7. The van der Waals surface area contributed by atoms with Crippen molar-refractivity contribution in [1.82, 2.24) is 4.98 Å². The third-order valence-electron chi connectivity index (χ3n) is 4.49. The highest BCUT2D eigenvalue weighted by molar-refractivity contribution is 6.38. The van der Waals surface area contributed by atoms with Crippen LogP contribution in [0.5, 0.6) is 17.2 Å². The average Bonchev–Trinajstić information content (AvgIpc) is 2.74. The van der Waals surface area contributed by atoms with Crippen LogP contribution in [0.4, 0.5) is 10.2 Å². The summed E-state index contributed by atoms with van der Waals surface area (Å²) in [6, 6.07) is 13.6. The number of anilines is 1. The first-order chi connectivity index (χ1) is 14.3. The van der Waals surface area contributed by atoms with Crippen molar-refractivity contribution in [3.8, 4) is 17.2 Å². The van der Waals surface area contributed by atoms with E-state index in [2.05, 4.69) is 10.3 Å². The average molecular weight is 451 g/mol. The van der Waals surface area contributed by atoms with Gasteiger partial charge in [-0.3, -0.25) is 0 Å². The fraction of sp³-hybridized carbons (Fsp3) is 0.227. The van der Waals surface area contributed by atoms with Crippen molar-refractivity contribution in [3.05, 3.63) is 75.7 Å². The number of benzene rings is 2. The quantitative estimate of drug-likeness (QED) is 0.368. The smallest absolute Gasteiger partial charge is 0.237 e. The molecule has 1 atom stereocenters. The maximum Gasteiger partial charge on any atom is 0.237 e. The molecule has 0 saturated carbocycles. The second-order valence-electron chi connectivity index (χ2n) is 6.99. The molecule has 0 fully saturated rings. The summed E-state index contributed by atoms with van der Waals surface area (Å²) in [5.74, 6) is -0.566. The summed E-state index contributed by atoms with van der Waals surface area (Å²) < 4.78 is 20.1. The zero-order valence-electron chi connectivity index (χ0n) is 16.4. The molecule has 0 aliphatic heterocycles. The van der Waals surface area contributed by atoms with E-state index in [0.29, 0.717) is 16.9 Å². The van der Waals surface area contributed by atoms with E-state index in [1.54, 1.807) is 30.3 Å². The van der Waals surface area contributed by atoms with Crippen molar-refractivity contribution in [1.29, 1.82) is 0 Å². The molecule has 0 aliphatic carbocycles. The molecule has 30 heavy (non-hydrogen) atoms. The Hall–Kier alpha value is -2.54. The van der Waals surface area contributed by atoms with Crippen LogP contribution in [0, 0.1) is 5.95 Å². The number of phenolic OH excluding ortho intramolecular Hbond substituents is 1. The van der Waals surface area contributed by atoms with Gasteiger partial charge in [-0.1, -0.05) is 67.4 Å². The number of aromatic hydroxyl groups is 1. The molecule has 1 heterocycles. The molecule has 1 unspecified atom stereocenters. The number of hydrogen-bond acceptors (Lipinski definition) is 5. The standard InChI is InChI=1S/C22H21Cl2FN2O3/c1-12(2)15-10-14(8-9-16(15)28)30-20-18(23)21(25)27-22(19(20)24)26-11-17(29)13-6-4-3-5-7-13/h3-10,12,17,28-29H,11H2,1-2H3,(H,26,27). The lowest BCUT2D eigenvalue weighted by Gasteiger charge is -2.17. The molecule has 3 N–H and O–H groups in total. The minimum absolute atomic E-state index is 0.00795. The largest absolute Gasteiger partial charge is 0.508 e. The topological polar surface area (TPSA) is 74.6 Å². The molecule has 0 bridgehead atoms. The van der Waals surface area contributed by atoms with Crippen LogP contribution in [-0.2, 0) is 0 Å². The van der Waals surface area contributed by atoms with Crippen molar-refractivity contribution in [2.45, 2.75) is 25.9 Å². The number of halogens is 3. The molecule has 3 rings (SSSR count). The highest BCUT2D eigenvalue weighted by atomic mass is 35.5. The molecule has 5 nitrogen and oxygen atoms in total. The molecule has 158 valence electrons. The lowest BCUT2D eigenvalue weighted by Crippen LogP contribution is -2.14. The van der Waals surface area contributed by atoms with E-state index in [1.807, 2.05) is 19.9 Å². The monoisotopic (exact) mass is 450 g/mol. The third kappa shape index (κ3) is 4.95. The van der Waals surface area contributed by atoms with E-state index in [4.69, 9.17) is 27.9 Å². The number of phenols is 1. The normalized spacial score (nSPS) is 12.1. The lowest BCUT2D eigenvalue weighted by molar-refractivity contribution is 0.191. The van der Waals surface area contributed by atoms with Gasteiger partial charge in [-0.05, 0) is 29.7 Å². The van der Waals surface area contributed by atoms with Crippen LogP contribution in [0.1, 0.15) is 37.0 Å². The zero-order chi connectivity index (χ0) is 21.8. The lowest BCUT2D eigenvalue weighted by atomic mass is 10.0. The second-order valence-corrected chi connectivity index (χ2v) is 7.75. The van der Waals surface area contributed by atoms with Crippen molar-refractivity contribution in [2.24, 2.45) is 0 Å². The second kappa shape index (κ2) is 9.51. The number of nitrogens with zero attached hydrogens (tertiary/aromatic N) is 1. The Labute approximate surface area is 184 Å². The highest BCUT2D eigenvalue weighted by Crippen LogP contribution is 2.42. The number of pyridine rings is 1. The van der Waals surface area contributed by atoms with Crippen LogP contribution in [0.25, 0.3) is 0 Å². The number of nitrogens with one attached hydrogen (secondary N) is 1. The van der Waals surface area contributed by atoms with Crippen LogP contribution in [-0.4, -0.2) is 21.7 Å². The Morgan fingerprint density at radius 2 is 1.80 bits per heavy atom. The Balaban J connectivity index is 1.86. The molecule has 2 aromatic carbocycles. The third-order valence-corrected chi connectivity index (χ3v) is 5.16. The van der Waals surface area contributed by atoms with E-state index < -0.39 is 12.1 Å². The Bertz CT molecular complexity index is 1030. The molecule has 0 spiro atoms. The first-order valence-electron chi connectivity index (χ1n) is 9.30. The van der Waals surface area contributed by atoms with Crippen LogP contribution in [0.3, 0.4) is 0 Å². The summed E-state index contributed by atoms with van der Waals surface area (Å²) in [5.41, 5.74) is 1.36. The molecular weight excluding hydrogens is 430 g/mol. The Morgan fingerprint density at radius 3 is 2.47 bits per heavy atom. The van der Waals surface area contributed by atoms with Gasteiger partial charge in [0, 0.05) is 12.1 Å². The Kier molecular flexibility index (Phi) is 7.02. The molecule has 0 aliphatic rings. The first kappa shape index (κ1) is 22.2. The number of ether oxygens (including phenoxy) is 1. The van der Waals surface area contributed by atoms with E-state index in [-0.39, 0.29) is 39.8 Å². The summed E-state index contributed by atoms with van der Waals surface area (Å²) >= 11 is 12.4. The van der Waals surface area contributed by atoms with Crippen LogP contribution in [0.15, 0.2) is 48.5 Å². The van der Waals surface area contributed by atoms with Gasteiger partial charge in [-0.25, -0.2) is 0 Å². The first-order valence-corrected chi connectivity index (χ1v) is 10.1. The molecular formula is C22H21Cl2FN2O3. The van der Waals surface area contributed by atoms with Gasteiger partial charge in [0.25, 0.3) is 0 Å². The summed E-state index contributed by atoms with van der Waals surface area (Å²) in [4.78, 5) is 3.73. The summed E-state index contributed by atoms with van der Waals surface area (Å²) in [6.45, 7) is 3.89. The predicted molar refractivity (Wildman–Crippen MR) is 116 cm³/mol. The van der Waals surface area contributed by atoms with Gasteiger partial charge in [0.15, 0.2) is 11.6 Å². The number of aliphatic hydroxyl groups excluding tert-OH is 1. The molecule has 3 aromatic rings. The predicted octanol–water partition coefficient (Wildman–Crippen LogP) is 6.29. The van der Waals surface area contributed by atoms with Crippen molar-refractivity contribution in [3.63, 3.8) is 0 Å². The maximum atomic E-state index is 14.3. The van der Waals surface area contributed by atoms with E-state index in [0.717, 1.165) is 0 Å². The minimum atomic E-state index is -0.962. The maximum absolute atomic E-state index is 14.3. The minimum Gasteiger partial charge on any atom is -0.508 e. The summed E-state index contributed by atoms with van der Waals surface area (Å²) in [7, 11) is 0. The Morgan fingerprint density at radius 1 is 1.10 bits per heavy atom. The van der Waals surface area contributed by atoms with E-state index in [9.17, 15) is 14.6 Å². The van der Waals surface area contributed by atoms with E-state index in [1.165, 1.54) is 12.1 Å². The van der Waals surface area contributed by atoms with Gasteiger partial charge in [0.2, 0.25) is 5.95 Å². The van der Waals surface area contributed by atoms with E-state index >= 15 is 0 Å². The molecule has 8 heteroatoms. The van der Waals surface area contributed by atoms with Crippen molar-refractivity contribution < 1.29 is 19.3 Å². The fourth-order valence-electron chi connectivity index (χ4n) is 2.86. The van der Waals surface area contributed by atoms with Crippen molar-refractivity contribution >= 4 is 29.0 Å². The van der Waals surface area contributed by atoms with Crippen LogP contribution < -0.4 is 10.1 Å². The zero-order valence-corrected chi connectivity index (χ0v) is 17.9. The van der Waals surface area contributed by atoms with Gasteiger partial charge >= 0.3 is 0 Å². The number of hydrogen-bond donors (Lipinski definition) is 3. The van der Waals surface area contributed by atoms with Crippen molar-refractivity contribution in [2.75, 3.05) is 11.9 Å². The molecule has 1 aromatic heterocycles. The molecule has 0 radical (unpaired) electrons. The highest BCUT2D eigenvalue weighted by Gasteiger charge is 2.21. The van der Waals surface area contributed by atoms with Gasteiger partial charge in [0.05, 0.1) is 6.10 Å². The molecule has 0 amide bonds. The summed E-state index contributed by atoms with van der Waals surface area (Å²) in [6.07, 6.45) is -0.849. The van der Waals surface area contributed by atoms with Gasteiger partial charge in [0.1, 0.15) is 21.5 Å².